The van der Waals surface area contributed by atoms with Gasteiger partial charge in [0.05, 0.1) is 22.9 Å². The number of para-hydroxylation sites is 3. The number of amidine groups is 1. The molecule has 3 aromatic carbocycles. The number of nitrogens with one attached hydrogen (secondary N) is 2. The predicted molar refractivity (Wildman–Crippen MR) is 120 cm³/mol. The minimum Gasteiger partial charge on any atom is -0.378 e. The molecule has 0 aliphatic heterocycles. The zero-order valence-electron chi connectivity index (χ0n) is 16.4. The highest BCUT2D eigenvalue weighted by atomic mass is 15.3. The number of hydrogen-bond donors (Lipinski definition) is 2. The second-order valence-corrected chi connectivity index (χ2v) is 6.75. The van der Waals surface area contributed by atoms with E-state index in [1.165, 1.54) is 0 Å². The maximum absolute atomic E-state index is 4.68. The van der Waals surface area contributed by atoms with Crippen molar-refractivity contribution in [3.8, 4) is 0 Å². The van der Waals surface area contributed by atoms with Gasteiger partial charge in [-0.05, 0) is 42.0 Å². The number of rotatable bonds is 5. The molecule has 2 N–H and O–H groups in total. The van der Waals surface area contributed by atoms with Crippen molar-refractivity contribution in [2.75, 3.05) is 19.0 Å². The van der Waals surface area contributed by atoms with Gasteiger partial charge in [-0.25, -0.2) is 9.98 Å². The maximum atomic E-state index is 4.68. The predicted octanol–water partition coefficient (Wildman–Crippen LogP) is 4.33. The first-order valence-corrected chi connectivity index (χ1v) is 9.34. The molecule has 0 aliphatic carbocycles. The highest BCUT2D eigenvalue weighted by molar-refractivity contribution is 6.00. The van der Waals surface area contributed by atoms with E-state index < -0.39 is 0 Å². The summed E-state index contributed by atoms with van der Waals surface area (Å²) in [5, 5.41) is 4.38. The fourth-order valence-corrected chi connectivity index (χ4v) is 2.85. The Hall–Kier alpha value is -3.93. The number of aromatic nitrogens is 2. The molecule has 0 spiro atoms. The Labute approximate surface area is 169 Å². The molecule has 0 aliphatic rings. The van der Waals surface area contributed by atoms with Gasteiger partial charge >= 0.3 is 0 Å². The summed E-state index contributed by atoms with van der Waals surface area (Å²) < 4.78 is 0. The van der Waals surface area contributed by atoms with Gasteiger partial charge in [0, 0.05) is 19.8 Å². The van der Waals surface area contributed by atoms with E-state index >= 15 is 0 Å². The van der Waals surface area contributed by atoms with Gasteiger partial charge in [0.2, 0.25) is 0 Å². The van der Waals surface area contributed by atoms with Gasteiger partial charge in [0.1, 0.15) is 0 Å². The largest absolute Gasteiger partial charge is 0.378 e. The fourth-order valence-electron chi connectivity index (χ4n) is 2.85. The molecule has 0 saturated carbocycles. The Morgan fingerprint density at radius 3 is 2.38 bits per heavy atom. The van der Waals surface area contributed by atoms with Crippen LogP contribution in [-0.4, -0.2) is 36.1 Å². The van der Waals surface area contributed by atoms with Crippen LogP contribution in [0.5, 0.6) is 0 Å². The van der Waals surface area contributed by atoms with E-state index in [-0.39, 0.29) is 0 Å². The lowest BCUT2D eigenvalue weighted by molar-refractivity contribution is 1.01. The third kappa shape index (κ3) is 4.50. The summed E-state index contributed by atoms with van der Waals surface area (Å²) in [5.41, 5.74) is 7.84. The zero-order chi connectivity index (χ0) is 20.1. The van der Waals surface area contributed by atoms with Crippen molar-refractivity contribution in [2.24, 2.45) is 10.1 Å². The molecule has 4 aromatic rings. The van der Waals surface area contributed by atoms with Crippen molar-refractivity contribution in [3.63, 3.8) is 0 Å². The number of fused-ring (bicyclic) bond motifs is 1. The van der Waals surface area contributed by atoms with Crippen LogP contribution in [-0.2, 0) is 0 Å². The number of nitrogens with zero attached hydrogens (tertiary/aromatic N) is 4. The standard InChI is InChI=1S/C23H22N6/c1-29(2)19-14-12-17(13-15-19)16-24-28-23(25-18-8-4-3-5-9-18)22-26-20-10-6-7-11-21(20)27-22/h3-16H,1-2H3,(H,25,28)(H,26,27)/b24-16+. The number of benzene rings is 3. The monoisotopic (exact) mass is 382 g/mol. The normalized spacial score (nSPS) is 11.9. The number of aliphatic imine (C=N–C) groups is 1. The molecule has 0 amide bonds. The highest BCUT2D eigenvalue weighted by Crippen LogP contribution is 2.15. The molecular weight excluding hydrogens is 360 g/mol. The third-order valence-corrected chi connectivity index (χ3v) is 4.40. The van der Waals surface area contributed by atoms with Gasteiger partial charge in [-0.1, -0.05) is 42.5 Å². The lowest BCUT2D eigenvalue weighted by atomic mass is 10.2. The smallest absolute Gasteiger partial charge is 0.190 e. The van der Waals surface area contributed by atoms with E-state index in [0.29, 0.717) is 11.7 Å². The molecule has 0 atom stereocenters. The van der Waals surface area contributed by atoms with Crippen molar-refractivity contribution in [3.05, 3.63) is 90.3 Å². The van der Waals surface area contributed by atoms with Crippen molar-refractivity contribution < 1.29 is 0 Å². The Morgan fingerprint density at radius 1 is 0.931 bits per heavy atom. The van der Waals surface area contributed by atoms with E-state index in [1.807, 2.05) is 80.8 Å². The molecule has 0 unspecified atom stereocenters. The molecule has 0 bridgehead atoms. The quantitative estimate of drug-likeness (QED) is 0.307. The van der Waals surface area contributed by atoms with Crippen LogP contribution in [0.1, 0.15) is 11.4 Å². The molecule has 1 heterocycles. The van der Waals surface area contributed by atoms with Crippen LogP contribution in [0.4, 0.5) is 11.4 Å². The molecule has 1 aromatic heterocycles. The van der Waals surface area contributed by atoms with Crippen molar-refractivity contribution >= 4 is 34.5 Å². The lowest BCUT2D eigenvalue weighted by Gasteiger charge is -2.11. The van der Waals surface area contributed by atoms with Gasteiger partial charge in [0.25, 0.3) is 0 Å². The maximum Gasteiger partial charge on any atom is 0.190 e. The number of hydrogen-bond acceptors (Lipinski definition) is 4. The summed E-state index contributed by atoms with van der Waals surface area (Å²) in [4.78, 5) is 14.7. The lowest BCUT2D eigenvalue weighted by Crippen LogP contribution is -2.20. The summed E-state index contributed by atoms with van der Waals surface area (Å²) in [6.45, 7) is 0. The van der Waals surface area contributed by atoms with Crippen LogP contribution in [0.2, 0.25) is 0 Å². The molecule has 29 heavy (non-hydrogen) atoms. The Balaban J connectivity index is 1.61. The van der Waals surface area contributed by atoms with Gasteiger partial charge in [-0.2, -0.15) is 5.10 Å². The average Bonchev–Trinajstić information content (AvgIpc) is 3.18. The van der Waals surface area contributed by atoms with Crippen molar-refractivity contribution in [1.82, 2.24) is 15.4 Å². The van der Waals surface area contributed by atoms with Crippen LogP contribution in [0, 0.1) is 0 Å². The number of anilines is 1. The van der Waals surface area contributed by atoms with Crippen LogP contribution in [0.3, 0.4) is 0 Å². The molecule has 4 rings (SSSR count). The summed E-state index contributed by atoms with van der Waals surface area (Å²) in [7, 11) is 4.04. The molecular formula is C23H22N6. The highest BCUT2D eigenvalue weighted by Gasteiger charge is 2.09. The van der Waals surface area contributed by atoms with Crippen LogP contribution < -0.4 is 10.3 Å². The molecule has 0 radical (unpaired) electrons. The fraction of sp³-hybridized carbons (Fsp3) is 0.0870. The Bertz CT molecular complexity index is 1110. The molecule has 6 heteroatoms. The van der Waals surface area contributed by atoms with Crippen molar-refractivity contribution in [1.29, 1.82) is 0 Å². The van der Waals surface area contributed by atoms with Gasteiger partial charge < -0.3 is 9.88 Å². The summed E-state index contributed by atoms with van der Waals surface area (Å²) in [6.07, 6.45) is 1.77. The topological polar surface area (TPSA) is 68.7 Å². The van der Waals surface area contributed by atoms with E-state index in [2.05, 4.69) is 42.5 Å². The van der Waals surface area contributed by atoms with E-state index in [1.54, 1.807) is 6.21 Å². The van der Waals surface area contributed by atoms with Crippen LogP contribution in [0.15, 0.2) is 89.0 Å². The molecule has 144 valence electrons. The van der Waals surface area contributed by atoms with Gasteiger partial charge in [-0.15, -0.1) is 0 Å². The second kappa shape index (κ2) is 8.39. The van der Waals surface area contributed by atoms with E-state index in [9.17, 15) is 0 Å². The van der Waals surface area contributed by atoms with Crippen LogP contribution in [0.25, 0.3) is 11.0 Å². The minimum absolute atomic E-state index is 0.550. The SMILES string of the molecule is CN(C)c1ccc(/C=N/NC(=Nc2ccccc2)c2nc3ccccc3[nH]2)cc1. The van der Waals surface area contributed by atoms with Crippen molar-refractivity contribution in [2.45, 2.75) is 0 Å². The number of aromatic amines is 1. The summed E-state index contributed by atoms with van der Waals surface area (Å²) in [5.74, 6) is 1.18. The second-order valence-electron chi connectivity index (χ2n) is 6.75. The first kappa shape index (κ1) is 18.4. The Kier molecular flexibility index (Phi) is 5.33. The third-order valence-electron chi connectivity index (χ3n) is 4.40. The Morgan fingerprint density at radius 2 is 1.66 bits per heavy atom. The first-order chi connectivity index (χ1) is 14.2. The van der Waals surface area contributed by atoms with Gasteiger partial charge in [0.15, 0.2) is 11.7 Å². The minimum atomic E-state index is 0.550. The molecule has 0 fully saturated rings. The summed E-state index contributed by atoms with van der Waals surface area (Å²) in [6, 6.07) is 25.8. The number of hydrazone groups is 1. The van der Waals surface area contributed by atoms with Gasteiger partial charge in [-0.3, -0.25) is 5.43 Å². The van der Waals surface area contributed by atoms with E-state index in [0.717, 1.165) is 28.0 Å². The zero-order valence-corrected chi connectivity index (χ0v) is 16.4. The number of imidazole rings is 1. The first-order valence-electron chi connectivity index (χ1n) is 9.34. The van der Waals surface area contributed by atoms with Crippen LogP contribution >= 0.6 is 0 Å². The van der Waals surface area contributed by atoms with E-state index in [4.69, 9.17) is 0 Å². The summed E-state index contributed by atoms with van der Waals surface area (Å²) >= 11 is 0. The molecule has 6 nitrogen and oxygen atoms in total. The molecule has 0 saturated heterocycles. The average molecular weight is 382 g/mol. The number of H-pyrrole nitrogens is 1.